The van der Waals surface area contributed by atoms with E-state index in [0.29, 0.717) is 12.7 Å². The van der Waals surface area contributed by atoms with Gasteiger partial charge in [-0.3, -0.25) is 0 Å². The molecule has 86 valence electrons. The van der Waals surface area contributed by atoms with Crippen molar-refractivity contribution in [2.24, 2.45) is 0 Å². The van der Waals surface area contributed by atoms with Crippen LogP contribution >= 0.6 is 15.9 Å². The van der Waals surface area contributed by atoms with E-state index in [9.17, 15) is 0 Å². The zero-order valence-electron chi connectivity index (χ0n) is 9.12. The topological polar surface area (TPSA) is 21.8 Å². The van der Waals surface area contributed by atoms with Gasteiger partial charge >= 0.3 is 0 Å². The predicted molar refractivity (Wildman–Crippen MR) is 65.7 cm³/mol. The van der Waals surface area contributed by atoms with E-state index in [0.717, 1.165) is 16.6 Å². The minimum atomic E-state index is 0.0561. The van der Waals surface area contributed by atoms with Crippen molar-refractivity contribution in [1.29, 1.82) is 0 Å². The summed E-state index contributed by atoms with van der Waals surface area (Å²) >= 11 is 3.44. The number of halogens is 1. The lowest BCUT2D eigenvalue weighted by Crippen LogP contribution is -2.27. The number of rotatable bonds is 3. The second-order valence-corrected chi connectivity index (χ2v) is 5.58. The first kappa shape index (κ1) is 10.6. The minimum Gasteiger partial charge on any atom is -0.490 e. The Bertz CT molecular complexity index is 393. The fraction of sp³-hybridized carbons (Fsp3) is 0.538. The van der Waals surface area contributed by atoms with Gasteiger partial charge < -0.3 is 9.47 Å². The highest BCUT2D eigenvalue weighted by molar-refractivity contribution is 9.10. The average molecular weight is 283 g/mol. The molecule has 0 amide bonds. The predicted octanol–water partition coefficient (Wildman–Crippen LogP) is 3.54. The van der Waals surface area contributed by atoms with E-state index in [4.69, 9.17) is 9.47 Å². The van der Waals surface area contributed by atoms with Crippen LogP contribution in [0.25, 0.3) is 0 Å². The van der Waals surface area contributed by atoms with Crippen LogP contribution in [0.3, 0.4) is 0 Å². The van der Waals surface area contributed by atoms with Crippen molar-refractivity contribution in [1.82, 2.24) is 0 Å². The van der Waals surface area contributed by atoms with Crippen molar-refractivity contribution in [3.8, 4) is 5.75 Å². The summed E-state index contributed by atoms with van der Waals surface area (Å²) in [5.74, 6) is 0.920. The van der Waals surface area contributed by atoms with Crippen LogP contribution in [0.1, 0.15) is 25.7 Å². The average Bonchev–Trinajstić information content (AvgIpc) is 3.01. The number of epoxide rings is 1. The van der Waals surface area contributed by atoms with Crippen molar-refractivity contribution >= 4 is 15.9 Å². The number of hydrogen-bond donors (Lipinski definition) is 0. The van der Waals surface area contributed by atoms with E-state index in [1.807, 2.05) is 24.3 Å². The molecule has 2 aliphatic rings. The molecule has 0 spiro atoms. The van der Waals surface area contributed by atoms with Crippen LogP contribution in [-0.4, -0.2) is 18.3 Å². The molecular formula is C13H15BrO2. The molecule has 1 aliphatic carbocycles. The van der Waals surface area contributed by atoms with Gasteiger partial charge in [-0.1, -0.05) is 34.8 Å². The minimum absolute atomic E-state index is 0.0561. The lowest BCUT2D eigenvalue weighted by Gasteiger charge is -2.17. The van der Waals surface area contributed by atoms with Gasteiger partial charge in [-0.05, 0) is 31.0 Å². The maximum Gasteiger partial charge on any atom is 0.129 e. The molecule has 1 aromatic rings. The highest BCUT2D eigenvalue weighted by Crippen LogP contribution is 2.47. The Morgan fingerprint density at radius 3 is 3.19 bits per heavy atom. The Balaban J connectivity index is 1.61. The van der Waals surface area contributed by atoms with Crippen LogP contribution in [0.15, 0.2) is 28.7 Å². The molecule has 3 rings (SSSR count). The Morgan fingerprint density at radius 2 is 2.38 bits per heavy atom. The molecule has 0 radical (unpaired) electrons. The Hall–Kier alpha value is -0.540. The third-order valence-electron chi connectivity index (χ3n) is 3.50. The second-order valence-electron chi connectivity index (χ2n) is 4.66. The number of hydrogen-bond acceptors (Lipinski definition) is 2. The summed E-state index contributed by atoms with van der Waals surface area (Å²) in [4.78, 5) is 0. The molecule has 0 aromatic heterocycles. The van der Waals surface area contributed by atoms with Gasteiger partial charge in [0, 0.05) is 4.47 Å². The fourth-order valence-corrected chi connectivity index (χ4v) is 2.88. The van der Waals surface area contributed by atoms with Crippen LogP contribution in [0, 0.1) is 0 Å². The van der Waals surface area contributed by atoms with Crippen LogP contribution in [0.2, 0.25) is 0 Å². The first-order valence-corrected chi connectivity index (χ1v) is 6.64. The lowest BCUT2D eigenvalue weighted by molar-refractivity contribution is 0.179. The molecule has 3 heteroatoms. The highest BCUT2D eigenvalue weighted by Gasteiger charge is 2.57. The van der Waals surface area contributed by atoms with Crippen molar-refractivity contribution in [3.63, 3.8) is 0 Å². The molecule has 2 unspecified atom stereocenters. The first-order chi connectivity index (χ1) is 7.78. The molecule has 16 heavy (non-hydrogen) atoms. The van der Waals surface area contributed by atoms with Crippen LogP contribution in [-0.2, 0) is 4.74 Å². The standard InChI is InChI=1S/C13H15BrO2/c14-10-4-3-5-11(8-10)15-9-13-7-2-1-6-12(13)16-13/h3-5,8,12H,1-2,6-7,9H2. The van der Waals surface area contributed by atoms with E-state index in [1.165, 1.54) is 19.3 Å². The largest absolute Gasteiger partial charge is 0.490 e. The van der Waals surface area contributed by atoms with Gasteiger partial charge in [-0.25, -0.2) is 0 Å². The first-order valence-electron chi connectivity index (χ1n) is 5.85. The third-order valence-corrected chi connectivity index (χ3v) is 4.00. The van der Waals surface area contributed by atoms with Gasteiger partial charge in [0.05, 0.1) is 6.10 Å². The molecule has 1 saturated carbocycles. The normalized spacial score (nSPS) is 31.9. The maximum atomic E-state index is 5.82. The van der Waals surface area contributed by atoms with Gasteiger partial charge in [0.25, 0.3) is 0 Å². The fourth-order valence-electron chi connectivity index (χ4n) is 2.51. The summed E-state index contributed by atoms with van der Waals surface area (Å²) in [6, 6.07) is 7.98. The van der Waals surface area contributed by atoms with Crippen LogP contribution < -0.4 is 4.74 Å². The Kier molecular flexibility index (Phi) is 2.68. The van der Waals surface area contributed by atoms with Gasteiger partial charge in [0.2, 0.25) is 0 Å². The van der Waals surface area contributed by atoms with Crippen molar-refractivity contribution < 1.29 is 9.47 Å². The Labute approximate surface area is 104 Å². The zero-order chi connectivity index (χ0) is 11.0. The van der Waals surface area contributed by atoms with E-state index >= 15 is 0 Å². The summed E-state index contributed by atoms with van der Waals surface area (Å²) in [5.41, 5.74) is 0.0561. The molecule has 2 nitrogen and oxygen atoms in total. The smallest absolute Gasteiger partial charge is 0.129 e. The van der Waals surface area contributed by atoms with E-state index < -0.39 is 0 Å². The summed E-state index contributed by atoms with van der Waals surface area (Å²) in [6.07, 6.45) is 5.42. The van der Waals surface area contributed by atoms with Gasteiger partial charge in [-0.15, -0.1) is 0 Å². The SMILES string of the molecule is Brc1cccc(OCC23CCCCC2O3)c1. The molecule has 0 N–H and O–H groups in total. The van der Waals surface area contributed by atoms with Crippen molar-refractivity contribution in [3.05, 3.63) is 28.7 Å². The quantitative estimate of drug-likeness (QED) is 0.791. The summed E-state index contributed by atoms with van der Waals surface area (Å²) < 4.78 is 12.7. The lowest BCUT2D eigenvalue weighted by atomic mass is 9.90. The summed E-state index contributed by atoms with van der Waals surface area (Å²) in [6.45, 7) is 0.702. The molecule has 1 aliphatic heterocycles. The second kappa shape index (κ2) is 4.04. The number of benzene rings is 1. The van der Waals surface area contributed by atoms with Crippen LogP contribution in [0.5, 0.6) is 5.75 Å². The van der Waals surface area contributed by atoms with E-state index in [1.54, 1.807) is 0 Å². The molecule has 2 fully saturated rings. The summed E-state index contributed by atoms with van der Waals surface area (Å²) in [7, 11) is 0. The maximum absolute atomic E-state index is 5.82. The molecule has 2 atom stereocenters. The monoisotopic (exact) mass is 282 g/mol. The van der Waals surface area contributed by atoms with Crippen molar-refractivity contribution in [2.75, 3.05) is 6.61 Å². The molecule has 0 bridgehead atoms. The Morgan fingerprint density at radius 1 is 1.44 bits per heavy atom. The van der Waals surface area contributed by atoms with Crippen LogP contribution in [0.4, 0.5) is 0 Å². The zero-order valence-corrected chi connectivity index (χ0v) is 10.7. The van der Waals surface area contributed by atoms with E-state index in [2.05, 4.69) is 15.9 Å². The summed E-state index contributed by atoms with van der Waals surface area (Å²) in [5, 5.41) is 0. The number of fused-ring (bicyclic) bond motifs is 1. The van der Waals surface area contributed by atoms with Gasteiger partial charge in [-0.2, -0.15) is 0 Å². The van der Waals surface area contributed by atoms with Crippen molar-refractivity contribution in [2.45, 2.75) is 37.4 Å². The highest BCUT2D eigenvalue weighted by atomic mass is 79.9. The molecular weight excluding hydrogens is 268 g/mol. The third kappa shape index (κ3) is 1.98. The molecule has 1 aromatic carbocycles. The van der Waals surface area contributed by atoms with Gasteiger partial charge in [0.15, 0.2) is 0 Å². The van der Waals surface area contributed by atoms with Gasteiger partial charge in [0.1, 0.15) is 18.0 Å². The molecule has 1 saturated heterocycles. The number of ether oxygens (including phenoxy) is 2. The van der Waals surface area contributed by atoms with E-state index in [-0.39, 0.29) is 5.60 Å². The molecule has 1 heterocycles.